The zero-order valence-corrected chi connectivity index (χ0v) is 12.8. The lowest BCUT2D eigenvalue weighted by atomic mass is 9.98. The van der Waals surface area contributed by atoms with Crippen LogP contribution in [-0.2, 0) is 0 Å². The predicted molar refractivity (Wildman–Crippen MR) is 84.3 cm³/mol. The molecule has 1 aliphatic heterocycles. The van der Waals surface area contributed by atoms with Gasteiger partial charge in [0.1, 0.15) is 6.07 Å². The van der Waals surface area contributed by atoms with Gasteiger partial charge in [-0.05, 0) is 50.4 Å². The summed E-state index contributed by atoms with van der Waals surface area (Å²) in [7, 11) is 0. The first-order chi connectivity index (χ1) is 9.76. The molecule has 20 heavy (non-hydrogen) atoms. The van der Waals surface area contributed by atoms with E-state index in [-0.39, 0.29) is 0 Å². The molecule has 1 aliphatic rings. The van der Waals surface area contributed by atoms with Gasteiger partial charge < -0.3 is 10.2 Å². The van der Waals surface area contributed by atoms with E-state index in [1.165, 1.54) is 12.8 Å². The van der Waals surface area contributed by atoms with Crippen LogP contribution in [0.25, 0.3) is 0 Å². The number of nitrogens with one attached hydrogen (secondary N) is 1. The first-order valence-corrected chi connectivity index (χ1v) is 7.78. The lowest BCUT2D eigenvalue weighted by Crippen LogP contribution is -2.39. The molecule has 0 radical (unpaired) electrons. The van der Waals surface area contributed by atoms with Crippen molar-refractivity contribution in [3.8, 4) is 6.07 Å². The molecule has 108 valence electrons. The molecule has 1 saturated heterocycles. The topological polar surface area (TPSA) is 39.1 Å². The fourth-order valence-electron chi connectivity index (χ4n) is 2.86. The average molecular weight is 292 g/mol. The van der Waals surface area contributed by atoms with Crippen molar-refractivity contribution in [1.82, 2.24) is 5.32 Å². The lowest BCUT2D eigenvalue weighted by molar-refractivity contribution is 0.376. The van der Waals surface area contributed by atoms with Crippen molar-refractivity contribution in [3.05, 3.63) is 28.8 Å². The van der Waals surface area contributed by atoms with Crippen LogP contribution < -0.4 is 10.2 Å². The number of benzene rings is 1. The molecule has 0 aliphatic carbocycles. The molecule has 2 rings (SSSR count). The van der Waals surface area contributed by atoms with Gasteiger partial charge in [0.2, 0.25) is 0 Å². The van der Waals surface area contributed by atoms with Gasteiger partial charge in [0.25, 0.3) is 0 Å². The van der Waals surface area contributed by atoms with Gasteiger partial charge in [-0.3, -0.25) is 0 Å². The molecule has 0 amide bonds. The molecule has 4 heteroatoms. The van der Waals surface area contributed by atoms with Crippen molar-refractivity contribution in [2.45, 2.75) is 26.2 Å². The molecule has 3 nitrogen and oxygen atoms in total. The quantitative estimate of drug-likeness (QED) is 0.903. The Kier molecular flexibility index (Phi) is 5.70. The molecule has 1 aromatic carbocycles. The molecule has 0 spiro atoms. The van der Waals surface area contributed by atoms with Crippen molar-refractivity contribution in [3.63, 3.8) is 0 Å². The second kappa shape index (κ2) is 7.52. The molecular weight excluding hydrogens is 270 g/mol. The normalized spacial score (nSPS) is 18.6. The van der Waals surface area contributed by atoms with E-state index in [1.807, 2.05) is 12.1 Å². The standard InChI is InChI=1S/C16H22ClN3/c1-2-9-20(12-13-5-4-8-19-11-13)16-7-3-6-15(17)14(16)10-18/h3,6-7,13,19H,2,4-5,8-9,11-12H2,1H3. The maximum atomic E-state index is 9.35. The number of anilines is 1. The van der Waals surface area contributed by atoms with Crippen LogP contribution in [0.4, 0.5) is 5.69 Å². The molecule has 1 heterocycles. The summed E-state index contributed by atoms with van der Waals surface area (Å²) in [6.07, 6.45) is 3.57. The highest BCUT2D eigenvalue weighted by Gasteiger charge is 2.19. The van der Waals surface area contributed by atoms with Crippen molar-refractivity contribution in [2.24, 2.45) is 5.92 Å². The van der Waals surface area contributed by atoms with Gasteiger partial charge in [-0.15, -0.1) is 0 Å². The monoisotopic (exact) mass is 291 g/mol. The minimum absolute atomic E-state index is 0.549. The Labute approximate surface area is 126 Å². The smallest absolute Gasteiger partial charge is 0.103 e. The Morgan fingerprint density at radius 2 is 2.35 bits per heavy atom. The van der Waals surface area contributed by atoms with Gasteiger partial charge in [0.15, 0.2) is 0 Å². The van der Waals surface area contributed by atoms with Gasteiger partial charge in [-0.25, -0.2) is 0 Å². The summed E-state index contributed by atoms with van der Waals surface area (Å²) in [6, 6.07) is 7.98. The van der Waals surface area contributed by atoms with Crippen molar-refractivity contribution in [1.29, 1.82) is 5.26 Å². The highest BCUT2D eigenvalue weighted by molar-refractivity contribution is 6.32. The summed E-state index contributed by atoms with van der Waals surface area (Å²) < 4.78 is 0. The summed E-state index contributed by atoms with van der Waals surface area (Å²) in [4.78, 5) is 2.32. The maximum absolute atomic E-state index is 9.35. The van der Waals surface area contributed by atoms with Gasteiger partial charge in [-0.1, -0.05) is 24.6 Å². The van der Waals surface area contributed by atoms with Gasteiger partial charge >= 0.3 is 0 Å². The first-order valence-electron chi connectivity index (χ1n) is 7.40. The van der Waals surface area contributed by atoms with Crippen molar-refractivity contribution >= 4 is 17.3 Å². The number of hydrogen-bond donors (Lipinski definition) is 1. The number of rotatable bonds is 5. The van der Waals surface area contributed by atoms with E-state index in [9.17, 15) is 5.26 Å². The third kappa shape index (κ3) is 3.65. The Balaban J connectivity index is 2.19. The van der Waals surface area contributed by atoms with Crippen LogP contribution in [0, 0.1) is 17.2 Å². The predicted octanol–water partition coefficient (Wildman–Crippen LogP) is 3.43. The van der Waals surface area contributed by atoms with E-state index in [2.05, 4.69) is 23.2 Å². The summed E-state index contributed by atoms with van der Waals surface area (Å²) in [6.45, 7) is 6.33. The van der Waals surface area contributed by atoms with Gasteiger partial charge in [0, 0.05) is 13.1 Å². The average Bonchev–Trinajstić information content (AvgIpc) is 2.47. The number of piperidine rings is 1. The SMILES string of the molecule is CCCN(CC1CCCNC1)c1cccc(Cl)c1C#N. The van der Waals surface area contributed by atoms with Crippen LogP contribution in [0.5, 0.6) is 0 Å². The zero-order valence-electron chi connectivity index (χ0n) is 12.0. The number of nitriles is 1. The van der Waals surface area contributed by atoms with Crippen LogP contribution in [0.15, 0.2) is 18.2 Å². The van der Waals surface area contributed by atoms with E-state index < -0.39 is 0 Å². The molecular formula is C16H22ClN3. The highest BCUT2D eigenvalue weighted by atomic mass is 35.5. The fraction of sp³-hybridized carbons (Fsp3) is 0.562. The summed E-state index contributed by atoms with van der Waals surface area (Å²) in [5.41, 5.74) is 1.58. The van der Waals surface area contributed by atoms with Crippen molar-refractivity contribution < 1.29 is 0 Å². The van der Waals surface area contributed by atoms with E-state index in [0.29, 0.717) is 16.5 Å². The van der Waals surface area contributed by atoms with Gasteiger partial charge in [-0.2, -0.15) is 5.26 Å². The second-order valence-electron chi connectivity index (χ2n) is 5.40. The van der Waals surface area contributed by atoms with Crippen molar-refractivity contribution in [2.75, 3.05) is 31.1 Å². The number of nitrogens with zero attached hydrogens (tertiary/aromatic N) is 2. The molecule has 0 aromatic heterocycles. The summed E-state index contributed by atoms with van der Waals surface area (Å²) in [5, 5.41) is 13.4. The van der Waals surface area contributed by atoms with Gasteiger partial charge in [0.05, 0.1) is 16.3 Å². The third-order valence-corrected chi connectivity index (χ3v) is 4.13. The molecule has 1 N–H and O–H groups in total. The van der Waals surface area contributed by atoms with Crippen LogP contribution in [0.2, 0.25) is 5.02 Å². The Bertz CT molecular complexity index is 475. The van der Waals surface area contributed by atoms with E-state index in [4.69, 9.17) is 11.6 Å². The molecule has 0 saturated carbocycles. The zero-order chi connectivity index (χ0) is 14.4. The maximum Gasteiger partial charge on any atom is 0.103 e. The lowest BCUT2D eigenvalue weighted by Gasteiger charge is -2.32. The Morgan fingerprint density at radius 3 is 3.00 bits per heavy atom. The number of hydrogen-bond acceptors (Lipinski definition) is 3. The van der Waals surface area contributed by atoms with Crippen LogP contribution >= 0.6 is 11.6 Å². The molecule has 1 atom stereocenters. The summed E-state index contributed by atoms with van der Waals surface area (Å²) in [5.74, 6) is 0.654. The first kappa shape index (κ1) is 15.2. The summed E-state index contributed by atoms with van der Waals surface area (Å²) >= 11 is 6.16. The third-order valence-electron chi connectivity index (χ3n) is 3.82. The molecule has 1 aromatic rings. The molecule has 1 fully saturated rings. The largest absolute Gasteiger partial charge is 0.370 e. The Morgan fingerprint density at radius 1 is 1.50 bits per heavy atom. The number of halogens is 1. The molecule has 0 bridgehead atoms. The van der Waals surface area contributed by atoms with E-state index in [1.54, 1.807) is 6.07 Å². The fourth-order valence-corrected chi connectivity index (χ4v) is 3.07. The highest BCUT2D eigenvalue weighted by Crippen LogP contribution is 2.28. The van der Waals surface area contributed by atoms with E-state index >= 15 is 0 Å². The minimum Gasteiger partial charge on any atom is -0.370 e. The minimum atomic E-state index is 0.549. The second-order valence-corrected chi connectivity index (χ2v) is 5.81. The molecule has 1 unspecified atom stereocenters. The Hall–Kier alpha value is -1.24. The van der Waals surface area contributed by atoms with Crippen LogP contribution in [-0.4, -0.2) is 26.2 Å². The van der Waals surface area contributed by atoms with Crippen LogP contribution in [0.1, 0.15) is 31.7 Å². The van der Waals surface area contributed by atoms with Crippen LogP contribution in [0.3, 0.4) is 0 Å². The van der Waals surface area contributed by atoms with E-state index in [0.717, 1.165) is 38.3 Å².